The summed E-state index contributed by atoms with van der Waals surface area (Å²) >= 11 is 6.32. The smallest absolute Gasteiger partial charge is 0.107 e. The van der Waals surface area contributed by atoms with Crippen LogP contribution in [0.2, 0.25) is 5.02 Å². The number of hydrogen-bond donors (Lipinski definition) is 1. The number of nitrogens with one attached hydrogen (secondary N) is 1. The summed E-state index contributed by atoms with van der Waals surface area (Å²) in [5.41, 5.74) is 4.64. The van der Waals surface area contributed by atoms with E-state index in [2.05, 4.69) is 52.0 Å². The zero-order valence-corrected chi connectivity index (χ0v) is 16.0. The van der Waals surface area contributed by atoms with Gasteiger partial charge in [0.15, 0.2) is 0 Å². The molecule has 4 nitrogen and oxygen atoms in total. The first-order chi connectivity index (χ1) is 12.7. The number of halogens is 1. The van der Waals surface area contributed by atoms with Crippen molar-refractivity contribution in [3.05, 3.63) is 58.9 Å². The molecule has 2 aromatic carbocycles. The number of imidazole rings is 1. The van der Waals surface area contributed by atoms with E-state index in [1.165, 1.54) is 5.56 Å². The van der Waals surface area contributed by atoms with Crippen LogP contribution in [0.3, 0.4) is 0 Å². The number of anilines is 1. The van der Waals surface area contributed by atoms with E-state index in [-0.39, 0.29) is 0 Å². The number of para-hydroxylation sites is 1. The second kappa shape index (κ2) is 7.68. The van der Waals surface area contributed by atoms with Gasteiger partial charge in [0.05, 0.1) is 21.7 Å². The van der Waals surface area contributed by atoms with Crippen molar-refractivity contribution in [3.63, 3.8) is 0 Å². The first kappa shape index (κ1) is 17.4. The minimum atomic E-state index is 0.848. The fourth-order valence-electron chi connectivity index (χ4n) is 3.69. The van der Waals surface area contributed by atoms with E-state index in [4.69, 9.17) is 16.6 Å². The Bertz CT molecular complexity index is 881. The lowest BCUT2D eigenvalue weighted by Crippen LogP contribution is -2.46. The number of nitrogens with zero attached hydrogens (tertiary/aromatic N) is 3. The molecule has 1 N–H and O–H groups in total. The van der Waals surface area contributed by atoms with Crippen LogP contribution in [0.1, 0.15) is 17.8 Å². The molecule has 0 spiro atoms. The Balaban J connectivity index is 1.26. The predicted octanol–water partition coefficient (Wildman–Crippen LogP) is 4.28. The summed E-state index contributed by atoms with van der Waals surface area (Å²) in [6.45, 7) is 7.48. The van der Waals surface area contributed by atoms with Gasteiger partial charge < -0.3 is 9.88 Å². The van der Waals surface area contributed by atoms with Crippen molar-refractivity contribution in [1.29, 1.82) is 0 Å². The summed E-state index contributed by atoms with van der Waals surface area (Å²) in [5, 5.41) is 0.848. The Kier molecular flexibility index (Phi) is 5.14. The summed E-state index contributed by atoms with van der Waals surface area (Å²) in [7, 11) is 0. The van der Waals surface area contributed by atoms with Gasteiger partial charge in [0, 0.05) is 32.6 Å². The number of aromatic nitrogens is 2. The van der Waals surface area contributed by atoms with Crippen molar-refractivity contribution in [2.75, 3.05) is 37.6 Å². The van der Waals surface area contributed by atoms with E-state index in [9.17, 15) is 0 Å². The van der Waals surface area contributed by atoms with Gasteiger partial charge in [0.2, 0.25) is 0 Å². The number of aryl methyl sites for hydroxylation is 2. The fraction of sp³-hybridized carbons (Fsp3) is 0.381. The van der Waals surface area contributed by atoms with Crippen LogP contribution in [-0.2, 0) is 6.42 Å². The van der Waals surface area contributed by atoms with Gasteiger partial charge in [-0.3, -0.25) is 4.90 Å². The highest BCUT2D eigenvalue weighted by Crippen LogP contribution is 2.26. The number of fused-ring (bicyclic) bond motifs is 1. The monoisotopic (exact) mass is 368 g/mol. The number of hydrogen-bond acceptors (Lipinski definition) is 3. The Labute approximate surface area is 159 Å². The van der Waals surface area contributed by atoms with Gasteiger partial charge in [-0.05, 0) is 49.7 Å². The normalized spacial score (nSPS) is 15.7. The summed E-state index contributed by atoms with van der Waals surface area (Å²) in [6.07, 6.45) is 2.13. The molecule has 1 aliphatic heterocycles. The maximum atomic E-state index is 6.32. The molecule has 1 fully saturated rings. The van der Waals surface area contributed by atoms with Gasteiger partial charge in [-0.1, -0.05) is 29.8 Å². The average Bonchev–Trinajstić information content (AvgIpc) is 3.05. The minimum Gasteiger partial charge on any atom is -0.368 e. The number of H-pyrrole nitrogens is 1. The standard InChI is InChI=1S/C21H25ClN4/c1-16-8-9-18-19(15-16)24-21(23-18)7-4-10-25-11-13-26(14-12-25)20-6-3-2-5-17(20)22/h2-3,5-6,8-9,15H,4,7,10-14H2,1H3,(H,23,24). The Morgan fingerprint density at radius 3 is 2.69 bits per heavy atom. The minimum absolute atomic E-state index is 0.848. The molecule has 0 atom stereocenters. The molecule has 4 rings (SSSR count). The van der Waals surface area contributed by atoms with E-state index in [1.54, 1.807) is 0 Å². The van der Waals surface area contributed by atoms with E-state index in [1.807, 2.05) is 12.1 Å². The van der Waals surface area contributed by atoms with Crippen molar-refractivity contribution in [2.24, 2.45) is 0 Å². The molecule has 1 aromatic heterocycles. The first-order valence-electron chi connectivity index (χ1n) is 9.36. The molecule has 2 heterocycles. The first-order valence-corrected chi connectivity index (χ1v) is 9.74. The molecule has 26 heavy (non-hydrogen) atoms. The van der Waals surface area contributed by atoms with Crippen LogP contribution in [0, 0.1) is 6.92 Å². The lowest BCUT2D eigenvalue weighted by atomic mass is 10.2. The second-order valence-corrected chi connectivity index (χ2v) is 7.49. The van der Waals surface area contributed by atoms with Gasteiger partial charge in [0.1, 0.15) is 5.82 Å². The number of benzene rings is 2. The molecule has 0 bridgehead atoms. The lowest BCUT2D eigenvalue weighted by Gasteiger charge is -2.36. The maximum absolute atomic E-state index is 6.32. The second-order valence-electron chi connectivity index (χ2n) is 7.09. The largest absolute Gasteiger partial charge is 0.368 e. The molecule has 0 saturated carbocycles. The number of aromatic amines is 1. The van der Waals surface area contributed by atoms with Crippen molar-refractivity contribution < 1.29 is 0 Å². The van der Waals surface area contributed by atoms with Crippen LogP contribution < -0.4 is 4.90 Å². The molecular formula is C21H25ClN4. The Morgan fingerprint density at radius 1 is 1.08 bits per heavy atom. The third kappa shape index (κ3) is 3.87. The van der Waals surface area contributed by atoms with Gasteiger partial charge in [-0.15, -0.1) is 0 Å². The maximum Gasteiger partial charge on any atom is 0.107 e. The van der Waals surface area contributed by atoms with E-state index < -0.39 is 0 Å². The highest BCUT2D eigenvalue weighted by molar-refractivity contribution is 6.33. The summed E-state index contributed by atoms with van der Waals surface area (Å²) in [4.78, 5) is 13.1. The zero-order chi connectivity index (χ0) is 17.9. The molecule has 0 amide bonds. The Hall–Kier alpha value is -2.04. The van der Waals surface area contributed by atoms with E-state index in [0.29, 0.717) is 0 Å². The number of rotatable bonds is 5. The van der Waals surface area contributed by atoms with Crippen LogP contribution >= 0.6 is 11.6 Å². The van der Waals surface area contributed by atoms with Crippen LogP contribution in [-0.4, -0.2) is 47.6 Å². The SMILES string of the molecule is Cc1ccc2nc(CCCN3CCN(c4ccccc4Cl)CC3)[nH]c2c1. The van der Waals surface area contributed by atoms with Gasteiger partial charge in [0.25, 0.3) is 0 Å². The summed E-state index contributed by atoms with van der Waals surface area (Å²) in [6, 6.07) is 14.5. The molecule has 1 aliphatic rings. The highest BCUT2D eigenvalue weighted by atomic mass is 35.5. The summed E-state index contributed by atoms with van der Waals surface area (Å²) in [5.74, 6) is 1.10. The van der Waals surface area contributed by atoms with Gasteiger partial charge >= 0.3 is 0 Å². The highest BCUT2D eigenvalue weighted by Gasteiger charge is 2.18. The Morgan fingerprint density at radius 2 is 1.88 bits per heavy atom. The van der Waals surface area contributed by atoms with Crippen LogP contribution in [0.25, 0.3) is 11.0 Å². The van der Waals surface area contributed by atoms with Crippen molar-refractivity contribution in [1.82, 2.24) is 14.9 Å². The topological polar surface area (TPSA) is 35.2 Å². The third-order valence-corrected chi connectivity index (χ3v) is 5.46. The predicted molar refractivity (Wildman–Crippen MR) is 109 cm³/mol. The van der Waals surface area contributed by atoms with Crippen LogP contribution in [0.4, 0.5) is 5.69 Å². The fourth-order valence-corrected chi connectivity index (χ4v) is 3.94. The zero-order valence-electron chi connectivity index (χ0n) is 15.2. The molecule has 1 saturated heterocycles. The van der Waals surface area contributed by atoms with Crippen molar-refractivity contribution >= 4 is 28.3 Å². The molecule has 0 unspecified atom stereocenters. The molecule has 0 radical (unpaired) electrons. The van der Waals surface area contributed by atoms with Crippen molar-refractivity contribution in [3.8, 4) is 0 Å². The molecule has 136 valence electrons. The molecule has 3 aromatic rings. The number of piperazine rings is 1. The third-order valence-electron chi connectivity index (χ3n) is 5.14. The van der Waals surface area contributed by atoms with Crippen molar-refractivity contribution in [2.45, 2.75) is 19.8 Å². The lowest BCUT2D eigenvalue weighted by molar-refractivity contribution is 0.254. The van der Waals surface area contributed by atoms with Gasteiger partial charge in [-0.25, -0.2) is 4.98 Å². The summed E-state index contributed by atoms with van der Waals surface area (Å²) < 4.78 is 0. The van der Waals surface area contributed by atoms with Crippen LogP contribution in [0.5, 0.6) is 0 Å². The molecule has 0 aliphatic carbocycles. The molecular weight excluding hydrogens is 344 g/mol. The average molecular weight is 369 g/mol. The quantitative estimate of drug-likeness (QED) is 0.730. The van der Waals surface area contributed by atoms with E-state index in [0.717, 1.165) is 73.1 Å². The van der Waals surface area contributed by atoms with Gasteiger partial charge in [-0.2, -0.15) is 0 Å². The van der Waals surface area contributed by atoms with Crippen LogP contribution in [0.15, 0.2) is 42.5 Å². The van der Waals surface area contributed by atoms with E-state index >= 15 is 0 Å². The molecule has 5 heteroatoms.